The molecule has 20 heteroatoms. The van der Waals surface area contributed by atoms with Crippen LogP contribution in [-0.2, 0) is 46.9 Å². The van der Waals surface area contributed by atoms with Crippen LogP contribution in [0.15, 0.2) is 0 Å². The highest BCUT2D eigenvalue weighted by Gasteiger charge is 2.55. The lowest BCUT2D eigenvalue weighted by molar-refractivity contribution is -0.317. The fourth-order valence-electron chi connectivity index (χ4n) is 8.67. The Morgan fingerprint density at radius 3 is 1.48 bits per heavy atom. The fraction of sp³-hybridized carbons (Fsp3) is 0.939. The third-order valence-electron chi connectivity index (χ3n) is 12.9. The number of aliphatic hydroxyl groups excluding tert-OH is 7. The molecule has 1 heterocycles. The van der Waals surface area contributed by atoms with Gasteiger partial charge >= 0.3 is 19.8 Å². The van der Waals surface area contributed by atoms with E-state index in [-0.39, 0.29) is 12.8 Å². The minimum absolute atomic E-state index is 0.000248. The maximum atomic E-state index is 13.6. The molecule has 2 aliphatic rings. The van der Waals surface area contributed by atoms with Crippen LogP contribution in [0.1, 0.15) is 205 Å². The molecule has 0 aromatic heterocycles. The molecule has 13 atom stereocenters. The number of hydrogen-bond donors (Lipinski definition) is 9. The number of aliphatic hydroxyl groups is 7. The summed E-state index contributed by atoms with van der Waals surface area (Å²) in [6.07, 6.45) is 6.11. The van der Waals surface area contributed by atoms with Crippen molar-refractivity contribution in [3.8, 4) is 0 Å². The van der Waals surface area contributed by atoms with Crippen molar-refractivity contribution < 1.29 is 91.7 Å². The van der Waals surface area contributed by atoms with Crippen LogP contribution < -0.4 is 5.32 Å². The van der Waals surface area contributed by atoms with E-state index >= 15 is 0 Å². The number of nitrogens with one attached hydrogen (secondary N) is 1. The first-order chi connectivity index (χ1) is 34.3. The average Bonchev–Trinajstić information content (AvgIpc) is 3.34. The zero-order valence-corrected chi connectivity index (χ0v) is 42.4. The first kappa shape index (κ1) is 58.1. The predicted molar refractivity (Wildman–Crippen MR) is 256 cm³/mol. The SMILES string of the molecule is [3H]C([3H])([3H])C(=O)N[C@H]1[C@@H](O[C@H]2[C@H](O)[C@@H](O)[C@H](O)[C@H](O)[C@@H]2OP(=O)(O)OC[C@@H](COC(=O)CCCCCCCCCCCCCCC)OC(=O)CCCCCCCCCCCCCCC)O[C@H](CO)[C@@H](O)[C@@H]1O. The molecule has 406 valence electrons. The molecule has 1 amide bonds. The van der Waals surface area contributed by atoms with E-state index in [1.54, 1.807) is 0 Å². The summed E-state index contributed by atoms with van der Waals surface area (Å²) in [7, 11) is -5.49. The van der Waals surface area contributed by atoms with Crippen molar-refractivity contribution in [3.63, 3.8) is 0 Å². The molecule has 1 aliphatic heterocycles. The predicted octanol–water partition coefficient (Wildman–Crippen LogP) is 5.69. The van der Waals surface area contributed by atoms with Crippen molar-refractivity contribution in [1.29, 1.82) is 0 Å². The van der Waals surface area contributed by atoms with Gasteiger partial charge < -0.3 is 64.9 Å². The number of rotatable bonds is 40. The molecule has 0 radical (unpaired) electrons. The summed E-state index contributed by atoms with van der Waals surface area (Å²) < 4.78 is 68.2. The number of esters is 2. The molecule has 9 N–H and O–H groups in total. The molecular weight excluding hydrogens is 922 g/mol. The molecule has 1 unspecified atom stereocenters. The van der Waals surface area contributed by atoms with E-state index < -0.39 is 126 Å². The Morgan fingerprint density at radius 1 is 0.594 bits per heavy atom. The molecule has 69 heavy (non-hydrogen) atoms. The fourth-order valence-corrected chi connectivity index (χ4v) is 9.64. The van der Waals surface area contributed by atoms with Gasteiger partial charge in [-0.1, -0.05) is 168 Å². The van der Waals surface area contributed by atoms with Gasteiger partial charge in [-0.3, -0.25) is 23.4 Å². The highest BCUT2D eigenvalue weighted by atomic mass is 31.2. The number of amides is 1. The molecule has 19 nitrogen and oxygen atoms in total. The molecule has 0 aromatic rings. The van der Waals surface area contributed by atoms with Gasteiger partial charge in [0.05, 0.1) is 13.2 Å². The summed E-state index contributed by atoms with van der Waals surface area (Å²) in [6, 6.07) is -1.97. The number of unbranched alkanes of at least 4 members (excludes halogenated alkanes) is 24. The Morgan fingerprint density at radius 2 is 1.03 bits per heavy atom. The van der Waals surface area contributed by atoms with Crippen molar-refractivity contribution in [1.82, 2.24) is 5.32 Å². The maximum Gasteiger partial charge on any atom is 0.472 e. The summed E-state index contributed by atoms with van der Waals surface area (Å²) in [4.78, 5) is 49.2. The van der Waals surface area contributed by atoms with Gasteiger partial charge in [-0.15, -0.1) is 0 Å². The Labute approximate surface area is 415 Å². The first-order valence-electron chi connectivity index (χ1n) is 27.6. The largest absolute Gasteiger partial charge is 0.472 e. The van der Waals surface area contributed by atoms with E-state index in [4.69, 9.17) is 32.1 Å². The van der Waals surface area contributed by atoms with E-state index in [0.29, 0.717) is 12.8 Å². The second kappa shape index (κ2) is 37.0. The average molecular weight is 1020 g/mol. The van der Waals surface area contributed by atoms with E-state index in [1.807, 2.05) is 5.32 Å². The summed E-state index contributed by atoms with van der Waals surface area (Å²) in [5.74, 6) is -2.93. The molecule has 2 rings (SSSR count). The van der Waals surface area contributed by atoms with Crippen LogP contribution >= 0.6 is 7.82 Å². The Hall–Kier alpha value is -1.84. The number of phosphoric ester groups is 1. The van der Waals surface area contributed by atoms with Crippen molar-refractivity contribution in [2.45, 2.75) is 274 Å². The third kappa shape index (κ3) is 26.1. The first-order valence-corrected chi connectivity index (χ1v) is 27.6. The normalized spacial score (nSPS) is 28.2. The number of ether oxygens (including phenoxy) is 4. The lowest BCUT2D eigenvalue weighted by Crippen LogP contribution is -2.69. The minimum atomic E-state index is -5.49. The maximum absolute atomic E-state index is 13.6. The van der Waals surface area contributed by atoms with Crippen molar-refractivity contribution >= 4 is 25.7 Å². The van der Waals surface area contributed by atoms with Crippen molar-refractivity contribution in [3.05, 3.63) is 0 Å². The number of hydrogen-bond acceptors (Lipinski definition) is 17. The molecule has 0 bridgehead atoms. The molecule has 1 saturated carbocycles. The minimum Gasteiger partial charge on any atom is -0.462 e. The van der Waals surface area contributed by atoms with Gasteiger partial charge in [-0.05, 0) is 12.8 Å². The highest BCUT2D eigenvalue weighted by molar-refractivity contribution is 7.47. The zero-order valence-electron chi connectivity index (χ0n) is 44.5. The number of carbonyl (C=O) groups excluding carboxylic acids is 3. The van der Waals surface area contributed by atoms with Crippen LogP contribution in [0.4, 0.5) is 0 Å². The molecule has 0 aromatic carbocycles. The quantitative estimate of drug-likeness (QED) is 0.0202. The summed E-state index contributed by atoms with van der Waals surface area (Å²) in [6.45, 7) is -1.31. The summed E-state index contributed by atoms with van der Waals surface area (Å²) in [5, 5.41) is 76.2. The van der Waals surface area contributed by atoms with Crippen molar-refractivity contribution in [2.75, 3.05) is 19.8 Å². The topological polar surface area (TPSA) is 298 Å². The molecule has 1 saturated heterocycles. The lowest BCUT2D eigenvalue weighted by Gasteiger charge is -2.48. The van der Waals surface area contributed by atoms with Crippen LogP contribution in [0, 0.1) is 0 Å². The molecule has 0 spiro atoms. The van der Waals surface area contributed by atoms with E-state index in [1.165, 1.54) is 96.3 Å². The Bertz CT molecular complexity index is 1520. The van der Waals surface area contributed by atoms with Crippen LogP contribution in [0.25, 0.3) is 0 Å². The highest BCUT2D eigenvalue weighted by Crippen LogP contribution is 2.48. The van der Waals surface area contributed by atoms with Crippen molar-refractivity contribution in [2.24, 2.45) is 0 Å². The van der Waals surface area contributed by atoms with Gasteiger partial charge in [0, 0.05) is 23.8 Å². The number of phosphoric acid groups is 1. The van der Waals surface area contributed by atoms with Gasteiger partial charge in [0.15, 0.2) is 12.4 Å². The van der Waals surface area contributed by atoms with Crippen LogP contribution in [0.5, 0.6) is 0 Å². The van der Waals surface area contributed by atoms with Crippen LogP contribution in [-0.4, -0.2) is 152 Å². The lowest BCUT2D eigenvalue weighted by atomic mass is 9.84. The van der Waals surface area contributed by atoms with E-state index in [0.717, 1.165) is 57.8 Å². The summed E-state index contributed by atoms with van der Waals surface area (Å²) >= 11 is 0. The second-order valence-electron chi connectivity index (χ2n) is 18.9. The van der Waals surface area contributed by atoms with Crippen LogP contribution in [0.2, 0.25) is 0 Å². The zero-order chi connectivity index (χ0) is 53.5. The van der Waals surface area contributed by atoms with E-state index in [9.17, 15) is 59.6 Å². The van der Waals surface area contributed by atoms with Gasteiger partial charge in [0.1, 0.15) is 67.6 Å². The van der Waals surface area contributed by atoms with E-state index in [2.05, 4.69) is 13.8 Å². The third-order valence-corrected chi connectivity index (χ3v) is 13.9. The Balaban J connectivity index is 2.07. The molecule has 2 fully saturated rings. The smallest absolute Gasteiger partial charge is 0.462 e. The van der Waals surface area contributed by atoms with Gasteiger partial charge in [-0.2, -0.15) is 0 Å². The summed E-state index contributed by atoms with van der Waals surface area (Å²) in [5.41, 5.74) is 0. The van der Waals surface area contributed by atoms with Gasteiger partial charge in [0.25, 0.3) is 0 Å². The molecular formula is C49H92NO18P. The Kier molecular flexibility index (Phi) is 31.1. The monoisotopic (exact) mass is 1020 g/mol. The number of carbonyl (C=O) groups is 3. The molecule has 1 aliphatic carbocycles. The van der Waals surface area contributed by atoms with Gasteiger partial charge in [-0.25, -0.2) is 4.57 Å². The second-order valence-corrected chi connectivity index (χ2v) is 20.3. The van der Waals surface area contributed by atoms with Gasteiger partial charge in [0.2, 0.25) is 5.91 Å². The van der Waals surface area contributed by atoms with Crippen LogP contribution in [0.3, 0.4) is 0 Å². The standard InChI is InChI=1S/C49H92NO18P/c1-4-6-8-10-12-14-16-18-20-22-24-26-28-30-38(53)63-33-36(65-39(54)31-29-27-25-23-21-19-17-15-13-11-9-7-5-2)34-64-69(61,62)68-48-46(60)44(58)43(57)45(59)47(48)67-49-40(50-35(3)52)42(56)41(55)37(32-51)66-49/h36-37,40-49,51,55-60H,4-34H2,1-3H3,(H,50,52)(H,61,62)/t36-,37-,40-,41-,42-,43+,44+,45-,46+,47+,48+,49-/m1/s1/i3T3.